The zero-order chi connectivity index (χ0) is 13.2. The van der Waals surface area contributed by atoms with Gasteiger partial charge in [-0.2, -0.15) is 0 Å². The van der Waals surface area contributed by atoms with E-state index in [9.17, 15) is 9.18 Å². The molecule has 94 valence electrons. The molecule has 1 aromatic rings. The van der Waals surface area contributed by atoms with Gasteiger partial charge in [-0.15, -0.1) is 0 Å². The van der Waals surface area contributed by atoms with E-state index in [-0.39, 0.29) is 5.82 Å². The first-order valence-corrected chi connectivity index (χ1v) is 5.94. The highest BCUT2D eigenvalue weighted by atomic mass is 79.9. The van der Waals surface area contributed by atoms with Gasteiger partial charge in [0, 0.05) is 4.47 Å². The van der Waals surface area contributed by atoms with E-state index in [1.807, 2.05) is 0 Å². The smallest absolute Gasteiger partial charge is 0.412 e. The number of carbonyl (C=O) groups excluding carboxylic acids is 1. The third-order valence-electron chi connectivity index (χ3n) is 1.88. The van der Waals surface area contributed by atoms with Crippen molar-refractivity contribution in [2.24, 2.45) is 0 Å². The highest BCUT2D eigenvalue weighted by Gasteiger charge is 2.17. The first-order chi connectivity index (χ1) is 7.69. The quantitative estimate of drug-likeness (QED) is 0.842. The molecule has 0 aliphatic carbocycles. The number of rotatable bonds is 1. The van der Waals surface area contributed by atoms with Crippen molar-refractivity contribution in [1.82, 2.24) is 0 Å². The lowest BCUT2D eigenvalue weighted by Gasteiger charge is -2.20. The molecule has 0 aliphatic heterocycles. The molecular formula is C12H15BrFNO2. The largest absolute Gasteiger partial charge is 0.444 e. The Hall–Kier alpha value is -1.10. The fourth-order valence-corrected chi connectivity index (χ4v) is 1.58. The number of hydrogen-bond donors (Lipinski definition) is 1. The summed E-state index contributed by atoms with van der Waals surface area (Å²) in [6.45, 7) is 6.95. The number of benzene rings is 1. The lowest BCUT2D eigenvalue weighted by atomic mass is 10.2. The van der Waals surface area contributed by atoms with E-state index < -0.39 is 11.7 Å². The molecule has 0 radical (unpaired) electrons. The Morgan fingerprint density at radius 2 is 2.00 bits per heavy atom. The first kappa shape index (κ1) is 14.0. The lowest BCUT2D eigenvalue weighted by molar-refractivity contribution is 0.0636. The number of nitrogens with one attached hydrogen (secondary N) is 1. The van der Waals surface area contributed by atoms with Crippen molar-refractivity contribution in [3.8, 4) is 0 Å². The van der Waals surface area contributed by atoms with E-state index in [0.717, 1.165) is 0 Å². The van der Waals surface area contributed by atoms with Crippen LogP contribution >= 0.6 is 15.9 Å². The second-order valence-corrected chi connectivity index (χ2v) is 5.56. The highest BCUT2D eigenvalue weighted by molar-refractivity contribution is 9.10. The van der Waals surface area contributed by atoms with Gasteiger partial charge in [0.15, 0.2) is 0 Å². The van der Waals surface area contributed by atoms with Gasteiger partial charge in [0.05, 0.1) is 5.69 Å². The van der Waals surface area contributed by atoms with Crippen LogP contribution in [0.3, 0.4) is 0 Å². The van der Waals surface area contributed by atoms with Crippen LogP contribution in [0.2, 0.25) is 0 Å². The second kappa shape index (κ2) is 5.04. The van der Waals surface area contributed by atoms with Gasteiger partial charge in [-0.05, 0) is 61.3 Å². The number of anilines is 1. The van der Waals surface area contributed by atoms with Crippen molar-refractivity contribution in [3.63, 3.8) is 0 Å². The first-order valence-electron chi connectivity index (χ1n) is 5.15. The highest BCUT2D eigenvalue weighted by Crippen LogP contribution is 2.26. The summed E-state index contributed by atoms with van der Waals surface area (Å²) in [5.41, 5.74) is 0.378. The van der Waals surface area contributed by atoms with Crippen LogP contribution in [0.15, 0.2) is 16.6 Å². The maximum atomic E-state index is 13.2. The van der Waals surface area contributed by atoms with Crippen molar-refractivity contribution in [1.29, 1.82) is 0 Å². The van der Waals surface area contributed by atoms with Gasteiger partial charge < -0.3 is 4.74 Å². The Labute approximate surface area is 108 Å². The number of aryl methyl sites for hydroxylation is 1. The summed E-state index contributed by atoms with van der Waals surface area (Å²) in [7, 11) is 0. The van der Waals surface area contributed by atoms with E-state index in [1.165, 1.54) is 6.07 Å². The Kier molecular flexibility index (Phi) is 4.14. The Bertz CT molecular complexity index is 441. The van der Waals surface area contributed by atoms with Crippen molar-refractivity contribution in [3.05, 3.63) is 28.0 Å². The van der Waals surface area contributed by atoms with Crippen LogP contribution in [0.1, 0.15) is 26.3 Å². The van der Waals surface area contributed by atoms with E-state index in [1.54, 1.807) is 33.8 Å². The summed E-state index contributed by atoms with van der Waals surface area (Å²) in [4.78, 5) is 11.5. The molecule has 1 N–H and O–H groups in total. The van der Waals surface area contributed by atoms with Crippen molar-refractivity contribution in [2.45, 2.75) is 33.3 Å². The van der Waals surface area contributed by atoms with E-state index in [2.05, 4.69) is 21.2 Å². The number of ether oxygens (including phenoxy) is 1. The average molecular weight is 304 g/mol. The summed E-state index contributed by atoms with van der Waals surface area (Å²) in [6, 6.07) is 2.85. The summed E-state index contributed by atoms with van der Waals surface area (Å²) >= 11 is 3.18. The maximum absolute atomic E-state index is 13.2. The molecule has 0 fully saturated rings. The molecule has 1 rings (SSSR count). The van der Waals surface area contributed by atoms with Crippen LogP contribution in [-0.2, 0) is 4.74 Å². The van der Waals surface area contributed by atoms with Crippen LogP contribution in [0.4, 0.5) is 14.9 Å². The second-order valence-electron chi connectivity index (χ2n) is 4.71. The molecule has 0 heterocycles. The zero-order valence-corrected chi connectivity index (χ0v) is 11.8. The Balaban J connectivity index is 2.82. The minimum atomic E-state index is -0.566. The van der Waals surface area contributed by atoms with Crippen molar-refractivity contribution < 1.29 is 13.9 Å². The summed E-state index contributed by atoms with van der Waals surface area (Å²) < 4.78 is 18.8. The van der Waals surface area contributed by atoms with Crippen molar-refractivity contribution >= 4 is 27.7 Å². The van der Waals surface area contributed by atoms with Crippen LogP contribution in [-0.4, -0.2) is 11.7 Å². The number of carbonyl (C=O) groups is 1. The fourth-order valence-electron chi connectivity index (χ4n) is 1.17. The van der Waals surface area contributed by atoms with E-state index in [4.69, 9.17) is 4.74 Å². The molecular weight excluding hydrogens is 289 g/mol. The third-order valence-corrected chi connectivity index (χ3v) is 2.54. The van der Waals surface area contributed by atoms with Crippen LogP contribution < -0.4 is 5.32 Å². The Morgan fingerprint density at radius 1 is 1.41 bits per heavy atom. The predicted octanol–water partition coefficient (Wildman–Crippen LogP) is 4.24. The van der Waals surface area contributed by atoms with Crippen LogP contribution in [0, 0.1) is 12.7 Å². The summed E-state index contributed by atoms with van der Waals surface area (Å²) in [5.74, 6) is -0.327. The molecule has 5 heteroatoms. The fraction of sp³-hybridized carbons (Fsp3) is 0.417. The van der Waals surface area contributed by atoms with Crippen LogP contribution in [0.5, 0.6) is 0 Å². The molecule has 0 saturated heterocycles. The zero-order valence-electron chi connectivity index (χ0n) is 10.2. The summed E-state index contributed by atoms with van der Waals surface area (Å²) in [6.07, 6.45) is -0.566. The number of amides is 1. The van der Waals surface area contributed by atoms with E-state index >= 15 is 0 Å². The van der Waals surface area contributed by atoms with Gasteiger partial charge >= 0.3 is 6.09 Å². The monoisotopic (exact) mass is 303 g/mol. The molecule has 17 heavy (non-hydrogen) atoms. The molecule has 0 atom stereocenters. The normalized spacial score (nSPS) is 11.2. The molecule has 3 nitrogen and oxygen atoms in total. The SMILES string of the molecule is Cc1cc(NC(=O)OC(C)(C)C)c(Br)cc1F. The molecule has 0 saturated carbocycles. The summed E-state index contributed by atoms with van der Waals surface area (Å²) in [5, 5.41) is 2.56. The molecule has 0 unspecified atom stereocenters. The number of hydrogen-bond acceptors (Lipinski definition) is 2. The van der Waals surface area contributed by atoms with E-state index in [0.29, 0.717) is 15.7 Å². The standard InChI is InChI=1S/C12H15BrFNO2/c1-7-5-10(8(13)6-9(7)14)15-11(16)17-12(2,3)4/h5-6H,1-4H3,(H,15,16). The minimum Gasteiger partial charge on any atom is -0.444 e. The lowest BCUT2D eigenvalue weighted by Crippen LogP contribution is -2.27. The van der Waals surface area contributed by atoms with Gasteiger partial charge in [-0.1, -0.05) is 0 Å². The molecule has 0 aliphatic rings. The molecule has 0 spiro atoms. The molecule has 1 aromatic carbocycles. The molecule has 1 amide bonds. The van der Waals surface area contributed by atoms with Gasteiger partial charge in [0.1, 0.15) is 11.4 Å². The predicted molar refractivity (Wildman–Crippen MR) is 68.7 cm³/mol. The van der Waals surface area contributed by atoms with Gasteiger partial charge in [0.2, 0.25) is 0 Å². The van der Waals surface area contributed by atoms with Gasteiger partial charge in [-0.25, -0.2) is 9.18 Å². The van der Waals surface area contributed by atoms with Crippen LogP contribution in [0.25, 0.3) is 0 Å². The topological polar surface area (TPSA) is 38.3 Å². The van der Waals surface area contributed by atoms with Crippen molar-refractivity contribution in [2.75, 3.05) is 5.32 Å². The number of halogens is 2. The van der Waals surface area contributed by atoms with Gasteiger partial charge in [-0.3, -0.25) is 5.32 Å². The molecule has 0 aromatic heterocycles. The average Bonchev–Trinajstić information content (AvgIpc) is 2.11. The minimum absolute atomic E-state index is 0.327. The maximum Gasteiger partial charge on any atom is 0.412 e. The van der Waals surface area contributed by atoms with Gasteiger partial charge in [0.25, 0.3) is 0 Å². The third kappa shape index (κ3) is 4.34. The Morgan fingerprint density at radius 3 is 2.53 bits per heavy atom. The molecule has 0 bridgehead atoms.